The van der Waals surface area contributed by atoms with Crippen molar-refractivity contribution in [1.82, 2.24) is 9.80 Å². The van der Waals surface area contributed by atoms with E-state index < -0.39 is 11.7 Å². The second-order valence-electron chi connectivity index (χ2n) is 7.60. The highest BCUT2D eigenvalue weighted by Gasteiger charge is 2.33. The van der Waals surface area contributed by atoms with Crippen LogP contribution in [0.1, 0.15) is 28.1 Å². The van der Waals surface area contributed by atoms with Crippen LogP contribution in [0.5, 0.6) is 0 Å². The molecule has 0 aliphatic carbocycles. The number of benzene rings is 1. The van der Waals surface area contributed by atoms with Gasteiger partial charge in [0.2, 0.25) is 0 Å². The lowest BCUT2D eigenvalue weighted by Gasteiger charge is -2.44. The van der Waals surface area contributed by atoms with Gasteiger partial charge < -0.3 is 9.80 Å². The minimum absolute atomic E-state index is 0.104. The van der Waals surface area contributed by atoms with E-state index in [-0.39, 0.29) is 5.91 Å². The van der Waals surface area contributed by atoms with Gasteiger partial charge in [0.25, 0.3) is 5.91 Å². The highest BCUT2D eigenvalue weighted by atomic mass is 32.1. The van der Waals surface area contributed by atoms with Crippen molar-refractivity contribution in [3.8, 4) is 0 Å². The number of nitrogens with zero attached hydrogens (tertiary/aromatic N) is 3. The number of hydrogen-bond acceptors (Lipinski definition) is 4. The van der Waals surface area contributed by atoms with Crippen LogP contribution in [0.4, 0.5) is 18.9 Å². The van der Waals surface area contributed by atoms with Gasteiger partial charge in [-0.3, -0.25) is 9.69 Å². The minimum atomic E-state index is -4.32. The van der Waals surface area contributed by atoms with Crippen LogP contribution in [0.2, 0.25) is 0 Å². The average Bonchev–Trinajstić information content (AvgIpc) is 3.28. The summed E-state index contributed by atoms with van der Waals surface area (Å²) < 4.78 is 39.0. The summed E-state index contributed by atoms with van der Waals surface area (Å²) in [6.07, 6.45) is -2.29. The summed E-state index contributed by atoms with van der Waals surface area (Å²) in [4.78, 5) is 19.8. The molecule has 0 bridgehead atoms. The molecule has 3 heterocycles. The predicted octanol–water partition coefficient (Wildman–Crippen LogP) is 4.19. The van der Waals surface area contributed by atoms with Gasteiger partial charge in [-0.2, -0.15) is 13.2 Å². The lowest BCUT2D eigenvalue weighted by atomic mass is 10.0. The van der Waals surface area contributed by atoms with Crippen LogP contribution in [-0.2, 0) is 6.18 Å². The van der Waals surface area contributed by atoms with Crippen molar-refractivity contribution < 1.29 is 18.0 Å². The summed E-state index contributed by atoms with van der Waals surface area (Å²) in [5.41, 5.74) is 0.0186. The van der Waals surface area contributed by atoms with Gasteiger partial charge in [-0.15, -0.1) is 11.3 Å². The summed E-state index contributed by atoms with van der Waals surface area (Å²) in [5, 5.41) is 1.92. The molecule has 2 aromatic rings. The van der Waals surface area contributed by atoms with Crippen LogP contribution < -0.4 is 4.90 Å². The Morgan fingerprint density at radius 3 is 2.52 bits per heavy atom. The number of halogens is 3. The van der Waals surface area contributed by atoms with E-state index in [1.807, 2.05) is 27.3 Å². The Balaban J connectivity index is 1.35. The number of piperazine rings is 1. The van der Waals surface area contributed by atoms with Crippen molar-refractivity contribution in [3.05, 3.63) is 52.2 Å². The van der Waals surface area contributed by atoms with Crippen molar-refractivity contribution in [1.29, 1.82) is 0 Å². The number of carbonyl (C=O) groups excluding carboxylic acids is 1. The van der Waals surface area contributed by atoms with Gasteiger partial charge >= 0.3 is 6.18 Å². The Hall–Kier alpha value is -2.06. The van der Waals surface area contributed by atoms with E-state index in [0.29, 0.717) is 24.8 Å². The van der Waals surface area contributed by atoms with E-state index in [9.17, 15) is 18.0 Å². The zero-order chi connectivity index (χ0) is 20.4. The fraction of sp³-hybridized carbons (Fsp3) is 0.476. The number of thiophene rings is 1. The second kappa shape index (κ2) is 8.36. The van der Waals surface area contributed by atoms with E-state index in [1.165, 1.54) is 23.5 Å². The van der Waals surface area contributed by atoms with Crippen LogP contribution in [-0.4, -0.2) is 61.0 Å². The largest absolute Gasteiger partial charge is 0.416 e. The van der Waals surface area contributed by atoms with Gasteiger partial charge in [-0.25, -0.2) is 0 Å². The maximum Gasteiger partial charge on any atom is 0.416 e. The minimum Gasteiger partial charge on any atom is -0.369 e. The van der Waals surface area contributed by atoms with Gasteiger partial charge in [0.05, 0.1) is 10.4 Å². The molecule has 1 aromatic carbocycles. The SMILES string of the molecule is O=C(c1cccs1)N1CCC[C@H](N2CCN(c3cccc(C(F)(F)F)c3)CC2)C1. The first-order chi connectivity index (χ1) is 13.9. The van der Waals surface area contributed by atoms with Crippen LogP contribution in [0.15, 0.2) is 41.8 Å². The first-order valence-corrected chi connectivity index (χ1v) is 10.8. The molecule has 0 unspecified atom stereocenters. The fourth-order valence-electron chi connectivity index (χ4n) is 4.22. The molecule has 2 fully saturated rings. The molecular formula is C21H24F3N3OS. The van der Waals surface area contributed by atoms with E-state index in [4.69, 9.17) is 0 Å². The van der Waals surface area contributed by atoms with E-state index in [2.05, 4.69) is 4.90 Å². The summed E-state index contributed by atoms with van der Waals surface area (Å²) in [5.74, 6) is 0.104. The third-order valence-corrected chi connectivity index (χ3v) is 6.64. The van der Waals surface area contributed by atoms with Gasteiger partial charge in [-0.1, -0.05) is 12.1 Å². The number of likely N-dealkylation sites (tertiary alicyclic amines) is 1. The molecule has 1 amide bonds. The standard InChI is InChI=1S/C21H24F3N3OS/c22-21(23,24)16-4-1-5-17(14-16)25-9-11-26(12-10-25)18-6-2-8-27(15-18)20(28)19-7-3-13-29-19/h1,3-5,7,13-14,18H,2,6,8-12,15H2/t18-/m0/s1. The lowest BCUT2D eigenvalue weighted by molar-refractivity contribution is -0.137. The number of rotatable bonds is 3. The molecule has 0 radical (unpaired) electrons. The molecule has 0 spiro atoms. The molecule has 1 atom stereocenters. The molecule has 2 saturated heterocycles. The summed E-state index contributed by atoms with van der Waals surface area (Å²) in [6.45, 7) is 4.48. The van der Waals surface area contributed by atoms with Crippen LogP contribution in [0.25, 0.3) is 0 Å². The molecule has 8 heteroatoms. The monoisotopic (exact) mass is 423 g/mol. The Morgan fingerprint density at radius 2 is 1.83 bits per heavy atom. The summed E-state index contributed by atoms with van der Waals surface area (Å²) in [7, 11) is 0. The number of amides is 1. The van der Waals surface area contributed by atoms with Crippen LogP contribution in [0.3, 0.4) is 0 Å². The van der Waals surface area contributed by atoms with Crippen molar-refractivity contribution in [2.75, 3.05) is 44.2 Å². The molecule has 0 N–H and O–H groups in total. The molecule has 4 nitrogen and oxygen atoms in total. The Morgan fingerprint density at radius 1 is 1.03 bits per heavy atom. The fourth-order valence-corrected chi connectivity index (χ4v) is 4.91. The molecule has 29 heavy (non-hydrogen) atoms. The number of hydrogen-bond donors (Lipinski definition) is 0. The molecule has 2 aliphatic rings. The summed E-state index contributed by atoms with van der Waals surface area (Å²) in [6, 6.07) is 9.64. The van der Waals surface area contributed by atoms with Crippen molar-refractivity contribution >= 4 is 22.9 Å². The maximum atomic E-state index is 13.0. The maximum absolute atomic E-state index is 13.0. The molecule has 4 rings (SSSR count). The number of carbonyl (C=O) groups is 1. The van der Waals surface area contributed by atoms with Crippen LogP contribution >= 0.6 is 11.3 Å². The predicted molar refractivity (Wildman–Crippen MR) is 108 cm³/mol. The molecule has 156 valence electrons. The third-order valence-electron chi connectivity index (χ3n) is 5.78. The highest BCUT2D eigenvalue weighted by molar-refractivity contribution is 7.12. The second-order valence-corrected chi connectivity index (χ2v) is 8.54. The smallest absolute Gasteiger partial charge is 0.369 e. The quantitative estimate of drug-likeness (QED) is 0.741. The van der Waals surface area contributed by atoms with Crippen molar-refractivity contribution in [3.63, 3.8) is 0 Å². The Kier molecular flexibility index (Phi) is 5.83. The average molecular weight is 424 g/mol. The van der Waals surface area contributed by atoms with Crippen molar-refractivity contribution in [2.24, 2.45) is 0 Å². The Labute approximate surface area is 172 Å². The molecule has 2 aliphatic heterocycles. The van der Waals surface area contributed by atoms with Crippen molar-refractivity contribution in [2.45, 2.75) is 25.1 Å². The zero-order valence-electron chi connectivity index (χ0n) is 16.1. The summed E-state index contributed by atoms with van der Waals surface area (Å²) >= 11 is 1.47. The zero-order valence-corrected chi connectivity index (χ0v) is 16.9. The molecular weight excluding hydrogens is 399 g/mol. The number of piperidine rings is 1. The van der Waals surface area contributed by atoms with Gasteiger partial charge in [0, 0.05) is 51.0 Å². The number of alkyl halides is 3. The van der Waals surface area contributed by atoms with Gasteiger partial charge in [0.15, 0.2) is 0 Å². The van der Waals surface area contributed by atoms with Gasteiger partial charge in [0.1, 0.15) is 0 Å². The first-order valence-electron chi connectivity index (χ1n) is 9.91. The molecule has 1 aromatic heterocycles. The third kappa shape index (κ3) is 4.59. The Bertz CT molecular complexity index is 832. The van der Waals surface area contributed by atoms with E-state index in [1.54, 1.807) is 6.07 Å². The van der Waals surface area contributed by atoms with E-state index >= 15 is 0 Å². The molecule has 0 saturated carbocycles. The van der Waals surface area contributed by atoms with Gasteiger partial charge in [-0.05, 0) is 42.5 Å². The number of anilines is 1. The highest BCUT2D eigenvalue weighted by Crippen LogP contribution is 2.32. The topological polar surface area (TPSA) is 26.8 Å². The van der Waals surface area contributed by atoms with E-state index in [0.717, 1.165) is 50.0 Å². The lowest BCUT2D eigenvalue weighted by Crippen LogP contribution is -2.55. The van der Waals surface area contributed by atoms with Crippen LogP contribution in [0, 0.1) is 0 Å². The first kappa shape index (κ1) is 20.2. The normalized spacial score (nSPS) is 21.4.